The summed E-state index contributed by atoms with van der Waals surface area (Å²) < 4.78 is 0. The summed E-state index contributed by atoms with van der Waals surface area (Å²) >= 11 is 0. The highest BCUT2D eigenvalue weighted by molar-refractivity contribution is 6.11. The smallest absolute Gasteiger partial charge is 0.319 e. The molecule has 3 rings (SSSR count). The second-order valence-corrected chi connectivity index (χ2v) is 6.51. The molecule has 4 amide bonds. The zero-order valence-electron chi connectivity index (χ0n) is 15.0. The first-order chi connectivity index (χ1) is 12.4. The highest BCUT2D eigenvalue weighted by Crippen LogP contribution is 2.30. The molecule has 0 aliphatic carbocycles. The third-order valence-corrected chi connectivity index (χ3v) is 4.79. The Kier molecular flexibility index (Phi) is 4.50. The van der Waals surface area contributed by atoms with Crippen molar-refractivity contribution >= 4 is 23.5 Å². The van der Waals surface area contributed by atoms with Crippen molar-refractivity contribution in [2.24, 2.45) is 0 Å². The number of likely N-dealkylation sites (N-methyl/N-ethyl adjacent to an activating group) is 1. The lowest BCUT2D eigenvalue weighted by molar-refractivity contribution is -0.136. The molecule has 0 radical (unpaired) electrons. The van der Waals surface area contributed by atoms with Crippen LogP contribution in [0.25, 0.3) is 0 Å². The van der Waals surface area contributed by atoms with Crippen LogP contribution in [-0.4, -0.2) is 35.8 Å². The number of benzene rings is 2. The van der Waals surface area contributed by atoms with Crippen molar-refractivity contribution in [3.05, 3.63) is 66.2 Å². The van der Waals surface area contributed by atoms with Gasteiger partial charge >= 0.3 is 6.03 Å². The number of imide groups is 1. The van der Waals surface area contributed by atoms with Crippen molar-refractivity contribution in [1.29, 1.82) is 0 Å². The molecule has 1 saturated heterocycles. The van der Waals surface area contributed by atoms with Gasteiger partial charge in [0.25, 0.3) is 5.91 Å². The molecule has 0 spiro atoms. The fraction of sp³-hybridized carbons (Fsp3) is 0.250. The maximum atomic E-state index is 13.0. The molecule has 1 aliphatic rings. The third-order valence-electron chi connectivity index (χ3n) is 4.79. The Bertz CT molecular complexity index is 838. The number of anilines is 1. The minimum Gasteiger partial charge on any atom is -0.319 e. The van der Waals surface area contributed by atoms with Crippen LogP contribution in [0.15, 0.2) is 60.7 Å². The zero-order chi connectivity index (χ0) is 18.9. The first kappa shape index (κ1) is 17.7. The van der Waals surface area contributed by atoms with Crippen LogP contribution in [0, 0.1) is 0 Å². The Balaban J connectivity index is 1.86. The molecule has 2 atom stereocenters. The zero-order valence-corrected chi connectivity index (χ0v) is 15.0. The van der Waals surface area contributed by atoms with Crippen molar-refractivity contribution in [2.75, 3.05) is 11.9 Å². The van der Waals surface area contributed by atoms with Crippen molar-refractivity contribution in [1.82, 2.24) is 10.2 Å². The Labute approximate surface area is 152 Å². The summed E-state index contributed by atoms with van der Waals surface area (Å²) in [5, 5.41) is 2.73. The summed E-state index contributed by atoms with van der Waals surface area (Å²) in [6.07, 6.45) is 0. The minimum atomic E-state index is -1.18. The fourth-order valence-electron chi connectivity index (χ4n) is 3.15. The van der Waals surface area contributed by atoms with E-state index in [9.17, 15) is 14.4 Å². The van der Waals surface area contributed by atoms with E-state index in [1.54, 1.807) is 57.3 Å². The number of carbonyl (C=O) groups excluding carboxylic acids is 3. The van der Waals surface area contributed by atoms with E-state index in [1.807, 2.05) is 24.3 Å². The maximum absolute atomic E-state index is 13.0. The summed E-state index contributed by atoms with van der Waals surface area (Å²) in [4.78, 5) is 40.8. The highest BCUT2D eigenvalue weighted by atomic mass is 16.2. The van der Waals surface area contributed by atoms with Gasteiger partial charge in [-0.05, 0) is 31.5 Å². The van der Waals surface area contributed by atoms with E-state index >= 15 is 0 Å². The van der Waals surface area contributed by atoms with Crippen molar-refractivity contribution in [3.63, 3.8) is 0 Å². The summed E-state index contributed by atoms with van der Waals surface area (Å²) in [6, 6.07) is 16.6. The van der Waals surface area contributed by atoms with Crippen LogP contribution in [0.1, 0.15) is 19.4 Å². The Morgan fingerprint density at radius 1 is 1.04 bits per heavy atom. The van der Waals surface area contributed by atoms with Crippen LogP contribution in [0.5, 0.6) is 0 Å². The molecule has 0 unspecified atom stereocenters. The second kappa shape index (κ2) is 6.63. The molecule has 1 heterocycles. The number of urea groups is 1. The minimum absolute atomic E-state index is 0.336. The van der Waals surface area contributed by atoms with Gasteiger partial charge in [0, 0.05) is 12.7 Å². The standard InChI is InChI=1S/C20H21N3O3/c1-14(17(24)22(3)16-12-8-5-9-13-16)23-18(25)20(2,21-19(23)26)15-10-6-4-7-11-15/h4-14H,1-3H3,(H,21,26)/t14-,20+/m0/s1. The number of nitrogens with one attached hydrogen (secondary N) is 1. The van der Waals surface area contributed by atoms with Crippen LogP contribution in [0.3, 0.4) is 0 Å². The number of carbonyl (C=O) groups is 3. The SMILES string of the molecule is C[C@@H](C(=O)N(C)c1ccccc1)N1C(=O)N[C@](C)(c2ccccc2)C1=O. The largest absolute Gasteiger partial charge is 0.326 e. The number of rotatable bonds is 4. The van der Waals surface area contributed by atoms with E-state index in [0.29, 0.717) is 11.3 Å². The Morgan fingerprint density at radius 2 is 1.58 bits per heavy atom. The van der Waals surface area contributed by atoms with Crippen molar-refractivity contribution in [2.45, 2.75) is 25.4 Å². The van der Waals surface area contributed by atoms with Gasteiger partial charge < -0.3 is 10.2 Å². The van der Waals surface area contributed by atoms with Crippen LogP contribution in [-0.2, 0) is 15.1 Å². The lowest BCUT2D eigenvalue weighted by Crippen LogP contribution is -2.49. The molecule has 0 saturated carbocycles. The average Bonchev–Trinajstić information content (AvgIpc) is 2.91. The molecule has 0 aromatic heterocycles. The third kappa shape index (κ3) is 2.83. The molecular weight excluding hydrogens is 330 g/mol. The van der Waals surface area contributed by atoms with Gasteiger partial charge in [-0.1, -0.05) is 48.5 Å². The summed E-state index contributed by atoms with van der Waals surface area (Å²) in [7, 11) is 1.63. The summed E-state index contributed by atoms with van der Waals surface area (Å²) in [6.45, 7) is 3.22. The van der Waals surface area contributed by atoms with Gasteiger partial charge in [0.15, 0.2) is 0 Å². The predicted molar refractivity (Wildman–Crippen MR) is 98.5 cm³/mol. The van der Waals surface area contributed by atoms with E-state index < -0.39 is 23.5 Å². The molecule has 1 fully saturated rings. The number of nitrogens with zero attached hydrogens (tertiary/aromatic N) is 2. The fourth-order valence-corrected chi connectivity index (χ4v) is 3.15. The van der Waals surface area contributed by atoms with Gasteiger partial charge in [-0.15, -0.1) is 0 Å². The first-order valence-corrected chi connectivity index (χ1v) is 8.40. The van der Waals surface area contributed by atoms with Crippen molar-refractivity contribution < 1.29 is 14.4 Å². The maximum Gasteiger partial charge on any atom is 0.326 e. The normalized spacial score (nSPS) is 20.7. The van der Waals surface area contributed by atoms with Gasteiger partial charge in [0.05, 0.1) is 0 Å². The number of amides is 4. The summed E-state index contributed by atoms with van der Waals surface area (Å²) in [5.41, 5.74) is 0.192. The van der Waals surface area contributed by atoms with E-state index in [2.05, 4.69) is 5.32 Å². The van der Waals surface area contributed by atoms with Gasteiger partial charge in [0.1, 0.15) is 11.6 Å². The number of hydrogen-bond donors (Lipinski definition) is 1. The number of para-hydroxylation sites is 1. The monoisotopic (exact) mass is 351 g/mol. The van der Waals surface area contributed by atoms with Crippen molar-refractivity contribution in [3.8, 4) is 0 Å². The molecule has 6 nitrogen and oxygen atoms in total. The molecule has 134 valence electrons. The quantitative estimate of drug-likeness (QED) is 0.861. The van der Waals surface area contributed by atoms with Crippen LogP contribution in [0.4, 0.5) is 10.5 Å². The highest BCUT2D eigenvalue weighted by Gasteiger charge is 2.52. The molecule has 6 heteroatoms. The second-order valence-electron chi connectivity index (χ2n) is 6.51. The van der Waals surface area contributed by atoms with E-state index in [-0.39, 0.29) is 5.91 Å². The Hall–Kier alpha value is -3.15. The van der Waals surface area contributed by atoms with Crippen LogP contribution < -0.4 is 10.2 Å². The Morgan fingerprint density at radius 3 is 2.15 bits per heavy atom. The van der Waals surface area contributed by atoms with Gasteiger partial charge in [-0.25, -0.2) is 9.69 Å². The number of hydrogen-bond acceptors (Lipinski definition) is 3. The van der Waals surface area contributed by atoms with E-state index in [0.717, 1.165) is 4.90 Å². The first-order valence-electron chi connectivity index (χ1n) is 8.40. The molecular formula is C20H21N3O3. The topological polar surface area (TPSA) is 69.7 Å². The van der Waals surface area contributed by atoms with E-state index in [4.69, 9.17) is 0 Å². The van der Waals surface area contributed by atoms with E-state index in [1.165, 1.54) is 4.90 Å². The molecule has 2 aromatic carbocycles. The lowest BCUT2D eigenvalue weighted by Gasteiger charge is -2.27. The van der Waals surface area contributed by atoms with Crippen LogP contribution in [0.2, 0.25) is 0 Å². The molecule has 26 heavy (non-hydrogen) atoms. The molecule has 1 aliphatic heterocycles. The predicted octanol–water partition coefficient (Wildman–Crippen LogP) is 2.51. The molecule has 0 bridgehead atoms. The molecule has 1 N–H and O–H groups in total. The summed E-state index contributed by atoms with van der Waals surface area (Å²) in [5.74, 6) is -0.770. The molecule has 2 aromatic rings. The van der Waals surface area contributed by atoms with Gasteiger partial charge in [-0.3, -0.25) is 9.59 Å². The average molecular weight is 351 g/mol. The van der Waals surface area contributed by atoms with Gasteiger partial charge in [0.2, 0.25) is 5.91 Å². The lowest BCUT2D eigenvalue weighted by atomic mass is 9.92. The van der Waals surface area contributed by atoms with Gasteiger partial charge in [-0.2, -0.15) is 0 Å². The van der Waals surface area contributed by atoms with Crippen LogP contribution >= 0.6 is 0 Å².